The fraction of sp³-hybridized carbons (Fsp3) is 1.00. The maximum Gasteiger partial charge on any atom is 0.0689 e. The lowest BCUT2D eigenvalue weighted by atomic mass is 10.4. The molecule has 0 aromatic carbocycles. The second kappa shape index (κ2) is 6.09. The van der Waals surface area contributed by atoms with Gasteiger partial charge in [-0.15, -0.1) is 0 Å². The number of nitrogens with zero attached hydrogens (tertiary/aromatic N) is 3. The second-order valence-electron chi connectivity index (χ2n) is 2.37. The van der Waals surface area contributed by atoms with E-state index in [9.17, 15) is 0 Å². The SMILES string of the molecule is CCOCC(C)N(C)N=NC. The summed E-state index contributed by atoms with van der Waals surface area (Å²) in [6.45, 7) is 5.48. The van der Waals surface area contributed by atoms with Gasteiger partial charge in [-0.2, -0.15) is 5.11 Å². The summed E-state index contributed by atoms with van der Waals surface area (Å²) in [5.74, 6) is 0. The minimum atomic E-state index is 0.290. The highest BCUT2D eigenvalue weighted by Gasteiger charge is 2.05. The van der Waals surface area contributed by atoms with Gasteiger partial charge < -0.3 is 4.74 Å². The van der Waals surface area contributed by atoms with Crippen LogP contribution in [0.3, 0.4) is 0 Å². The summed E-state index contributed by atoms with van der Waals surface area (Å²) in [4.78, 5) is 0. The first kappa shape index (κ1) is 10.4. The summed E-state index contributed by atoms with van der Waals surface area (Å²) in [5, 5.41) is 9.30. The monoisotopic (exact) mass is 159 g/mol. The molecule has 4 heteroatoms. The lowest BCUT2D eigenvalue weighted by molar-refractivity contribution is 0.0830. The molecule has 66 valence electrons. The number of hydrogen-bond donors (Lipinski definition) is 0. The Morgan fingerprint density at radius 1 is 1.55 bits per heavy atom. The topological polar surface area (TPSA) is 37.2 Å². The zero-order valence-electron chi connectivity index (χ0n) is 7.74. The predicted molar refractivity (Wildman–Crippen MR) is 44.5 cm³/mol. The van der Waals surface area contributed by atoms with Gasteiger partial charge in [0.05, 0.1) is 19.7 Å². The van der Waals surface area contributed by atoms with Crippen molar-refractivity contribution in [3.63, 3.8) is 0 Å². The van der Waals surface area contributed by atoms with Crippen molar-refractivity contribution in [2.24, 2.45) is 10.3 Å². The fourth-order valence-corrected chi connectivity index (χ4v) is 0.626. The Morgan fingerprint density at radius 2 is 2.18 bits per heavy atom. The van der Waals surface area contributed by atoms with Crippen LogP contribution in [0.5, 0.6) is 0 Å². The standard InChI is InChI=1S/C7H17N3O/c1-5-11-6-7(2)10(4)9-8-3/h7H,5-6H2,1-4H3. The van der Waals surface area contributed by atoms with Crippen LogP contribution in [0.2, 0.25) is 0 Å². The molecule has 0 amide bonds. The molecule has 0 aromatic rings. The van der Waals surface area contributed by atoms with Gasteiger partial charge in [0, 0.05) is 13.7 Å². The van der Waals surface area contributed by atoms with Crippen LogP contribution in [-0.2, 0) is 4.74 Å². The van der Waals surface area contributed by atoms with Crippen LogP contribution >= 0.6 is 0 Å². The zero-order chi connectivity index (χ0) is 8.69. The quantitative estimate of drug-likeness (QED) is 0.448. The van der Waals surface area contributed by atoms with Gasteiger partial charge in [-0.25, -0.2) is 0 Å². The molecule has 11 heavy (non-hydrogen) atoms. The van der Waals surface area contributed by atoms with Gasteiger partial charge >= 0.3 is 0 Å². The van der Waals surface area contributed by atoms with Crippen molar-refractivity contribution in [3.8, 4) is 0 Å². The molecule has 0 bridgehead atoms. The van der Waals surface area contributed by atoms with Crippen molar-refractivity contribution < 1.29 is 4.74 Å². The van der Waals surface area contributed by atoms with Crippen LogP contribution in [0.4, 0.5) is 0 Å². The first-order valence-corrected chi connectivity index (χ1v) is 3.82. The Labute approximate surface area is 68.2 Å². The average Bonchev–Trinajstić information content (AvgIpc) is 2.00. The van der Waals surface area contributed by atoms with Crippen LogP contribution in [0.25, 0.3) is 0 Å². The summed E-state index contributed by atoms with van der Waals surface area (Å²) in [5.41, 5.74) is 0. The Kier molecular flexibility index (Phi) is 5.74. The highest BCUT2D eigenvalue weighted by molar-refractivity contribution is 4.55. The van der Waals surface area contributed by atoms with E-state index in [1.165, 1.54) is 0 Å². The molecule has 0 aliphatic rings. The van der Waals surface area contributed by atoms with E-state index in [4.69, 9.17) is 4.74 Å². The smallest absolute Gasteiger partial charge is 0.0689 e. The van der Waals surface area contributed by atoms with Crippen molar-refractivity contribution in [1.29, 1.82) is 0 Å². The Morgan fingerprint density at radius 3 is 2.64 bits per heavy atom. The first-order chi connectivity index (χ1) is 5.22. The van der Waals surface area contributed by atoms with Crippen molar-refractivity contribution in [3.05, 3.63) is 0 Å². The third kappa shape index (κ3) is 4.72. The Hall–Kier alpha value is -0.640. The molecule has 1 unspecified atom stereocenters. The zero-order valence-corrected chi connectivity index (χ0v) is 7.74. The van der Waals surface area contributed by atoms with Crippen LogP contribution < -0.4 is 0 Å². The van der Waals surface area contributed by atoms with E-state index in [2.05, 4.69) is 10.3 Å². The third-order valence-corrected chi connectivity index (χ3v) is 1.43. The van der Waals surface area contributed by atoms with Crippen molar-refractivity contribution >= 4 is 0 Å². The molecule has 0 saturated carbocycles. The molecular weight excluding hydrogens is 142 g/mol. The molecule has 0 fully saturated rings. The van der Waals surface area contributed by atoms with Crippen LogP contribution in [0, 0.1) is 0 Å². The summed E-state index contributed by atoms with van der Waals surface area (Å²) >= 11 is 0. The van der Waals surface area contributed by atoms with E-state index < -0.39 is 0 Å². The van der Waals surface area contributed by atoms with E-state index in [0.717, 1.165) is 6.61 Å². The number of likely N-dealkylation sites (N-methyl/N-ethyl adjacent to an activating group) is 1. The average molecular weight is 159 g/mol. The molecular formula is C7H17N3O. The largest absolute Gasteiger partial charge is 0.380 e. The van der Waals surface area contributed by atoms with Gasteiger partial charge in [0.2, 0.25) is 0 Å². The highest BCUT2D eigenvalue weighted by Crippen LogP contribution is 1.96. The van der Waals surface area contributed by atoms with E-state index in [1.54, 1.807) is 12.1 Å². The molecule has 0 rings (SSSR count). The lowest BCUT2D eigenvalue weighted by Gasteiger charge is -2.19. The van der Waals surface area contributed by atoms with Crippen molar-refractivity contribution in [2.75, 3.05) is 27.3 Å². The summed E-state index contributed by atoms with van der Waals surface area (Å²) < 4.78 is 5.22. The Balaban J connectivity index is 3.54. The molecule has 0 spiro atoms. The summed E-state index contributed by atoms with van der Waals surface area (Å²) in [6, 6.07) is 0.290. The molecule has 1 atom stereocenters. The maximum absolute atomic E-state index is 5.22. The van der Waals surface area contributed by atoms with Gasteiger partial charge in [-0.3, -0.25) is 5.01 Å². The van der Waals surface area contributed by atoms with Gasteiger partial charge in [0.15, 0.2) is 0 Å². The van der Waals surface area contributed by atoms with Gasteiger partial charge in [0.25, 0.3) is 0 Å². The molecule has 0 N–H and O–H groups in total. The molecule has 0 aliphatic heterocycles. The second-order valence-corrected chi connectivity index (χ2v) is 2.37. The predicted octanol–water partition coefficient (Wildman–Crippen LogP) is 1.34. The van der Waals surface area contributed by atoms with E-state index in [-0.39, 0.29) is 0 Å². The minimum absolute atomic E-state index is 0.290. The molecule has 0 radical (unpaired) electrons. The first-order valence-electron chi connectivity index (χ1n) is 3.82. The van der Waals surface area contributed by atoms with Crippen LogP contribution in [0.1, 0.15) is 13.8 Å². The third-order valence-electron chi connectivity index (χ3n) is 1.43. The maximum atomic E-state index is 5.22. The number of ether oxygens (including phenoxy) is 1. The van der Waals surface area contributed by atoms with E-state index >= 15 is 0 Å². The molecule has 4 nitrogen and oxygen atoms in total. The molecule has 0 aliphatic carbocycles. The summed E-state index contributed by atoms with van der Waals surface area (Å²) in [7, 11) is 3.54. The lowest BCUT2D eigenvalue weighted by Crippen LogP contribution is -2.28. The van der Waals surface area contributed by atoms with Crippen LogP contribution in [-0.4, -0.2) is 38.4 Å². The van der Waals surface area contributed by atoms with Crippen LogP contribution in [0.15, 0.2) is 10.3 Å². The van der Waals surface area contributed by atoms with Gasteiger partial charge in [0.1, 0.15) is 0 Å². The normalized spacial score (nSPS) is 13.8. The van der Waals surface area contributed by atoms with Crippen molar-refractivity contribution in [1.82, 2.24) is 5.01 Å². The van der Waals surface area contributed by atoms with Crippen molar-refractivity contribution in [2.45, 2.75) is 19.9 Å². The summed E-state index contributed by atoms with van der Waals surface area (Å²) in [6.07, 6.45) is 0. The number of rotatable bonds is 5. The molecule has 0 heterocycles. The van der Waals surface area contributed by atoms with Gasteiger partial charge in [-0.1, -0.05) is 5.22 Å². The van der Waals surface area contributed by atoms with Gasteiger partial charge in [-0.05, 0) is 13.8 Å². The van der Waals surface area contributed by atoms with E-state index in [0.29, 0.717) is 12.6 Å². The fourth-order valence-electron chi connectivity index (χ4n) is 0.626. The van der Waals surface area contributed by atoms with E-state index in [1.807, 2.05) is 20.9 Å². The molecule has 0 saturated heterocycles. The molecule has 0 aromatic heterocycles. The minimum Gasteiger partial charge on any atom is -0.380 e. The Bertz CT molecular complexity index is 116. The highest BCUT2D eigenvalue weighted by atomic mass is 16.5. The number of hydrogen-bond acceptors (Lipinski definition) is 3.